The van der Waals surface area contributed by atoms with E-state index in [1.165, 1.54) is 5.56 Å². The molecular formula is C15H21N3OS. The molecule has 4 nitrogen and oxygen atoms in total. The average Bonchev–Trinajstić information content (AvgIpc) is 2.84. The van der Waals surface area contributed by atoms with E-state index in [2.05, 4.69) is 41.8 Å². The summed E-state index contributed by atoms with van der Waals surface area (Å²) in [5, 5.41) is 3.13. The van der Waals surface area contributed by atoms with E-state index in [1.807, 2.05) is 6.92 Å². The molecule has 0 radical (unpaired) electrons. The molecule has 0 aliphatic carbocycles. The summed E-state index contributed by atoms with van der Waals surface area (Å²) >= 11 is 1.66. The predicted octanol–water partition coefficient (Wildman–Crippen LogP) is 2.82. The number of benzene rings is 1. The number of nitrogens with one attached hydrogen (secondary N) is 1. The van der Waals surface area contributed by atoms with Crippen LogP contribution >= 0.6 is 11.3 Å². The van der Waals surface area contributed by atoms with Gasteiger partial charge < -0.3 is 4.74 Å². The van der Waals surface area contributed by atoms with Crippen molar-refractivity contribution in [1.29, 1.82) is 0 Å². The zero-order chi connectivity index (χ0) is 14.7. The lowest BCUT2D eigenvalue weighted by atomic mass is 9.97. The van der Waals surface area contributed by atoms with Crippen molar-refractivity contribution in [3.63, 3.8) is 0 Å². The number of rotatable bonds is 5. The highest BCUT2D eigenvalue weighted by molar-refractivity contribution is 7.09. The molecule has 1 unspecified atom stereocenters. The van der Waals surface area contributed by atoms with E-state index in [0.717, 1.165) is 34.0 Å². The van der Waals surface area contributed by atoms with Crippen molar-refractivity contribution in [2.24, 2.45) is 5.84 Å². The van der Waals surface area contributed by atoms with Crippen LogP contribution in [0.2, 0.25) is 0 Å². The van der Waals surface area contributed by atoms with Crippen molar-refractivity contribution >= 4 is 11.3 Å². The first-order valence-corrected chi connectivity index (χ1v) is 7.46. The minimum atomic E-state index is -0.00481. The summed E-state index contributed by atoms with van der Waals surface area (Å²) in [6.07, 6.45) is 0.758. The molecular weight excluding hydrogens is 270 g/mol. The monoisotopic (exact) mass is 291 g/mol. The number of aromatic nitrogens is 1. The largest absolute Gasteiger partial charge is 0.496 e. The lowest BCUT2D eigenvalue weighted by molar-refractivity contribution is 0.395. The molecule has 0 aliphatic rings. The van der Waals surface area contributed by atoms with E-state index in [9.17, 15) is 0 Å². The van der Waals surface area contributed by atoms with E-state index in [-0.39, 0.29) is 6.04 Å². The normalized spacial score (nSPS) is 12.4. The molecule has 0 saturated heterocycles. The van der Waals surface area contributed by atoms with Gasteiger partial charge in [-0.15, -0.1) is 11.3 Å². The summed E-state index contributed by atoms with van der Waals surface area (Å²) in [7, 11) is 1.70. The van der Waals surface area contributed by atoms with Crippen LogP contribution in [0, 0.1) is 20.8 Å². The minimum Gasteiger partial charge on any atom is -0.496 e. The molecule has 0 spiro atoms. The minimum absolute atomic E-state index is 0.00481. The molecule has 5 heteroatoms. The van der Waals surface area contributed by atoms with Crippen LogP contribution in [-0.2, 0) is 6.42 Å². The van der Waals surface area contributed by atoms with Crippen molar-refractivity contribution in [2.75, 3.05) is 7.11 Å². The topological polar surface area (TPSA) is 60.2 Å². The second kappa shape index (κ2) is 6.35. The first kappa shape index (κ1) is 15.0. The smallest absolute Gasteiger partial charge is 0.126 e. The number of methoxy groups -OCH3 is 1. The van der Waals surface area contributed by atoms with Crippen LogP contribution in [0.4, 0.5) is 0 Å². The maximum atomic E-state index is 5.74. The van der Waals surface area contributed by atoms with Gasteiger partial charge in [-0.25, -0.2) is 4.98 Å². The fraction of sp³-hybridized carbons (Fsp3) is 0.400. The van der Waals surface area contributed by atoms with Crippen LogP contribution in [0.1, 0.15) is 33.4 Å². The zero-order valence-electron chi connectivity index (χ0n) is 12.4. The molecule has 0 bridgehead atoms. The Hall–Kier alpha value is -1.43. The maximum absolute atomic E-state index is 5.74. The molecule has 0 aliphatic heterocycles. The van der Waals surface area contributed by atoms with Gasteiger partial charge in [0.25, 0.3) is 0 Å². The summed E-state index contributed by atoms with van der Waals surface area (Å²) < 4.78 is 5.57. The highest BCUT2D eigenvalue weighted by Gasteiger charge is 2.19. The van der Waals surface area contributed by atoms with E-state index in [1.54, 1.807) is 18.4 Å². The quantitative estimate of drug-likeness (QED) is 0.657. The molecule has 20 heavy (non-hydrogen) atoms. The van der Waals surface area contributed by atoms with Crippen LogP contribution in [-0.4, -0.2) is 12.1 Å². The number of nitrogens with two attached hydrogens (primary N) is 1. The Labute approximate surface area is 124 Å². The maximum Gasteiger partial charge on any atom is 0.126 e. The molecule has 108 valence electrons. The summed E-state index contributed by atoms with van der Waals surface area (Å²) in [5.74, 6) is 6.65. The molecule has 1 aromatic carbocycles. The van der Waals surface area contributed by atoms with Gasteiger partial charge in [-0.05, 0) is 31.9 Å². The zero-order valence-corrected chi connectivity index (χ0v) is 13.2. The molecule has 2 aromatic rings. The summed E-state index contributed by atoms with van der Waals surface area (Å²) in [4.78, 5) is 4.50. The lowest BCUT2D eigenvalue weighted by Crippen LogP contribution is -2.30. The van der Waals surface area contributed by atoms with Crippen LogP contribution in [0.5, 0.6) is 5.75 Å². The van der Waals surface area contributed by atoms with Crippen molar-refractivity contribution in [3.05, 3.63) is 44.9 Å². The summed E-state index contributed by atoms with van der Waals surface area (Å²) in [6, 6.07) is 4.17. The van der Waals surface area contributed by atoms with Crippen molar-refractivity contribution < 1.29 is 4.74 Å². The number of thiazole rings is 1. The van der Waals surface area contributed by atoms with Gasteiger partial charge in [0.1, 0.15) is 5.75 Å². The van der Waals surface area contributed by atoms with E-state index in [0.29, 0.717) is 0 Å². The van der Waals surface area contributed by atoms with E-state index < -0.39 is 0 Å². The van der Waals surface area contributed by atoms with Crippen molar-refractivity contribution in [1.82, 2.24) is 10.4 Å². The molecule has 0 saturated carbocycles. The first-order valence-electron chi connectivity index (χ1n) is 6.58. The number of nitrogens with zero attached hydrogens (tertiary/aromatic N) is 1. The Morgan fingerprint density at radius 2 is 2.10 bits per heavy atom. The molecule has 1 aromatic heterocycles. The second-order valence-corrected chi connectivity index (χ2v) is 5.88. The van der Waals surface area contributed by atoms with E-state index in [4.69, 9.17) is 10.6 Å². The number of hydrogen-bond acceptors (Lipinski definition) is 5. The number of hydrogen-bond donors (Lipinski definition) is 2. The first-order chi connectivity index (χ1) is 9.56. The standard InChI is InChI=1S/C15H21N3OS/c1-9-5-6-12(15(19-4)11(9)3)13(18-16)7-14-17-10(2)8-20-14/h5-6,8,13,18H,7,16H2,1-4H3. The number of hydrazine groups is 1. The summed E-state index contributed by atoms with van der Waals surface area (Å²) in [5.41, 5.74) is 7.38. The van der Waals surface area contributed by atoms with Crippen LogP contribution < -0.4 is 16.0 Å². The van der Waals surface area contributed by atoms with Crippen LogP contribution in [0.3, 0.4) is 0 Å². The van der Waals surface area contributed by atoms with Crippen LogP contribution in [0.15, 0.2) is 17.5 Å². The molecule has 0 amide bonds. The fourth-order valence-electron chi connectivity index (χ4n) is 2.29. The van der Waals surface area contributed by atoms with Gasteiger partial charge in [0.15, 0.2) is 0 Å². The Bertz CT molecular complexity index is 595. The molecule has 2 rings (SSSR count). The van der Waals surface area contributed by atoms with Gasteiger partial charge in [0.05, 0.1) is 18.2 Å². The van der Waals surface area contributed by atoms with Crippen molar-refractivity contribution in [3.8, 4) is 5.75 Å². The highest BCUT2D eigenvalue weighted by Crippen LogP contribution is 2.32. The van der Waals surface area contributed by atoms with Crippen LogP contribution in [0.25, 0.3) is 0 Å². The second-order valence-electron chi connectivity index (χ2n) is 4.94. The summed E-state index contributed by atoms with van der Waals surface area (Å²) in [6.45, 7) is 6.15. The van der Waals surface area contributed by atoms with Gasteiger partial charge in [-0.2, -0.15) is 0 Å². The SMILES string of the molecule is COc1c(C(Cc2nc(C)cs2)NN)ccc(C)c1C. The van der Waals surface area contributed by atoms with Gasteiger partial charge in [0, 0.05) is 23.1 Å². The Morgan fingerprint density at radius 3 is 2.65 bits per heavy atom. The third-order valence-corrected chi connectivity index (χ3v) is 4.52. The molecule has 0 fully saturated rings. The third-order valence-electron chi connectivity index (χ3n) is 3.53. The Morgan fingerprint density at radius 1 is 1.35 bits per heavy atom. The molecule has 1 atom stereocenters. The number of ether oxygens (including phenoxy) is 1. The molecule has 3 N–H and O–H groups in total. The third kappa shape index (κ3) is 3.00. The fourth-order valence-corrected chi connectivity index (χ4v) is 3.11. The lowest BCUT2D eigenvalue weighted by Gasteiger charge is -2.20. The number of aryl methyl sites for hydroxylation is 2. The molecule has 1 heterocycles. The van der Waals surface area contributed by atoms with Gasteiger partial charge in [-0.3, -0.25) is 11.3 Å². The van der Waals surface area contributed by atoms with Gasteiger partial charge in [0.2, 0.25) is 0 Å². The predicted molar refractivity (Wildman–Crippen MR) is 83.1 cm³/mol. The van der Waals surface area contributed by atoms with Gasteiger partial charge >= 0.3 is 0 Å². The van der Waals surface area contributed by atoms with Crippen molar-refractivity contribution in [2.45, 2.75) is 33.2 Å². The van der Waals surface area contributed by atoms with E-state index >= 15 is 0 Å². The Balaban J connectivity index is 2.34. The Kier molecular flexibility index (Phi) is 4.75. The van der Waals surface area contributed by atoms with Gasteiger partial charge in [-0.1, -0.05) is 12.1 Å². The average molecular weight is 291 g/mol. The highest BCUT2D eigenvalue weighted by atomic mass is 32.1.